The first-order valence-electron chi connectivity index (χ1n) is 6.00. The van der Waals surface area contributed by atoms with Crippen LogP contribution in [0.25, 0.3) is 0 Å². The van der Waals surface area contributed by atoms with Crippen molar-refractivity contribution < 1.29 is 25.2 Å². The topological polar surface area (TPSA) is 110 Å². The lowest BCUT2D eigenvalue weighted by molar-refractivity contribution is -0.124. The van der Waals surface area contributed by atoms with E-state index in [0.717, 1.165) is 0 Å². The largest absolute Gasteiger partial charge is 0.394 e. The van der Waals surface area contributed by atoms with Crippen LogP contribution < -0.4 is 5.32 Å². The van der Waals surface area contributed by atoms with Crippen molar-refractivity contribution in [3.63, 3.8) is 0 Å². The fourth-order valence-corrected chi connectivity index (χ4v) is 1.75. The van der Waals surface area contributed by atoms with Gasteiger partial charge in [-0.3, -0.25) is 4.79 Å². The zero-order chi connectivity index (χ0) is 14.5. The van der Waals surface area contributed by atoms with E-state index < -0.39 is 31.0 Å². The van der Waals surface area contributed by atoms with Crippen LogP contribution in [-0.4, -0.2) is 57.3 Å². The molecule has 6 nitrogen and oxygen atoms in total. The van der Waals surface area contributed by atoms with Crippen molar-refractivity contribution in [1.82, 2.24) is 5.32 Å². The number of carbonyl (C=O) groups is 1. The maximum atomic E-state index is 11.1. The molecular weight excluding hydrogens is 238 g/mol. The van der Waals surface area contributed by atoms with Crippen molar-refractivity contribution >= 4 is 5.91 Å². The third-order valence-electron chi connectivity index (χ3n) is 2.56. The van der Waals surface area contributed by atoms with Gasteiger partial charge in [0, 0.05) is 6.92 Å². The van der Waals surface area contributed by atoms with Gasteiger partial charge in [-0.2, -0.15) is 0 Å². The highest BCUT2D eigenvalue weighted by molar-refractivity contribution is 5.73. The molecule has 6 heteroatoms. The number of hydrogen-bond donors (Lipinski definition) is 5. The van der Waals surface area contributed by atoms with Crippen LogP contribution >= 0.6 is 0 Å². The Morgan fingerprint density at radius 3 is 2.00 bits per heavy atom. The third-order valence-corrected chi connectivity index (χ3v) is 2.56. The summed E-state index contributed by atoms with van der Waals surface area (Å²) in [4.78, 5) is 11.1. The minimum Gasteiger partial charge on any atom is -0.394 e. The van der Waals surface area contributed by atoms with E-state index in [0.29, 0.717) is 6.42 Å². The average molecular weight is 263 g/mol. The molecule has 0 aromatic heterocycles. The molecule has 0 heterocycles. The van der Waals surface area contributed by atoms with Crippen LogP contribution in [0.5, 0.6) is 0 Å². The minimum atomic E-state index is -1.51. The summed E-state index contributed by atoms with van der Waals surface area (Å²) in [5.41, 5.74) is -0.169. The van der Waals surface area contributed by atoms with Gasteiger partial charge in [-0.25, -0.2) is 0 Å². The van der Waals surface area contributed by atoms with E-state index in [-0.39, 0.29) is 11.3 Å². The summed E-state index contributed by atoms with van der Waals surface area (Å²) >= 11 is 0. The zero-order valence-electron chi connectivity index (χ0n) is 11.4. The molecule has 0 unspecified atom stereocenters. The van der Waals surface area contributed by atoms with Crippen molar-refractivity contribution in [2.45, 2.75) is 58.5 Å². The SMILES string of the molecule is CC(=O)N[C@@H](CC(C)(C)C)[C@@H](O)[C@H](O)[C@H](O)CO. The van der Waals surface area contributed by atoms with E-state index in [2.05, 4.69) is 5.32 Å². The van der Waals surface area contributed by atoms with E-state index in [1.165, 1.54) is 6.92 Å². The first-order chi connectivity index (χ1) is 8.08. The average Bonchev–Trinajstić information content (AvgIpc) is 2.22. The van der Waals surface area contributed by atoms with Crippen LogP contribution in [0.1, 0.15) is 34.1 Å². The van der Waals surface area contributed by atoms with Gasteiger partial charge >= 0.3 is 0 Å². The number of amides is 1. The Hall–Kier alpha value is -0.690. The summed E-state index contributed by atoms with van der Waals surface area (Å²) in [6.07, 6.45) is -3.84. The summed E-state index contributed by atoms with van der Waals surface area (Å²) in [6.45, 7) is 6.47. The molecule has 5 N–H and O–H groups in total. The summed E-state index contributed by atoms with van der Waals surface area (Å²) in [5, 5.41) is 40.2. The molecule has 0 fully saturated rings. The van der Waals surface area contributed by atoms with Gasteiger partial charge in [0.15, 0.2) is 0 Å². The highest BCUT2D eigenvalue weighted by atomic mass is 16.4. The maximum absolute atomic E-state index is 11.1. The standard InChI is InChI=1S/C12H25NO5/c1-7(15)13-8(5-12(2,3)4)10(17)11(18)9(16)6-14/h8-11,14,16-18H,5-6H2,1-4H3,(H,13,15)/t8-,9+,10+,11+/m0/s1. The van der Waals surface area contributed by atoms with Gasteiger partial charge in [-0.1, -0.05) is 20.8 Å². The van der Waals surface area contributed by atoms with Gasteiger partial charge < -0.3 is 25.7 Å². The lowest BCUT2D eigenvalue weighted by Crippen LogP contribution is -2.53. The minimum absolute atomic E-state index is 0.169. The molecule has 18 heavy (non-hydrogen) atoms. The number of hydrogen-bond acceptors (Lipinski definition) is 5. The molecule has 0 saturated heterocycles. The smallest absolute Gasteiger partial charge is 0.217 e. The lowest BCUT2D eigenvalue weighted by atomic mass is 9.84. The van der Waals surface area contributed by atoms with E-state index >= 15 is 0 Å². The summed E-state index contributed by atoms with van der Waals surface area (Å²) in [5.74, 6) is -0.325. The van der Waals surface area contributed by atoms with Crippen LogP contribution in [0.4, 0.5) is 0 Å². The van der Waals surface area contributed by atoms with Gasteiger partial charge in [0.1, 0.15) is 18.3 Å². The Bertz CT molecular complexity index is 264. The molecule has 0 aliphatic carbocycles. The van der Waals surface area contributed by atoms with Gasteiger partial charge in [0.05, 0.1) is 12.6 Å². The first-order valence-corrected chi connectivity index (χ1v) is 6.00. The second kappa shape index (κ2) is 7.04. The third kappa shape index (κ3) is 6.30. The monoisotopic (exact) mass is 263 g/mol. The molecule has 0 bridgehead atoms. The number of carbonyl (C=O) groups excluding carboxylic acids is 1. The predicted octanol–water partition coefficient (Wildman–Crippen LogP) is -0.998. The fourth-order valence-electron chi connectivity index (χ4n) is 1.75. The Morgan fingerprint density at radius 1 is 1.17 bits per heavy atom. The number of aliphatic hydroxyl groups excluding tert-OH is 4. The van der Waals surface area contributed by atoms with Gasteiger partial charge in [-0.15, -0.1) is 0 Å². The number of aliphatic hydroxyl groups is 4. The van der Waals surface area contributed by atoms with Crippen molar-refractivity contribution in [2.75, 3.05) is 6.61 Å². The number of nitrogens with one attached hydrogen (secondary N) is 1. The Kier molecular flexibility index (Phi) is 6.77. The summed E-state index contributed by atoms with van der Waals surface area (Å²) < 4.78 is 0. The van der Waals surface area contributed by atoms with Gasteiger partial charge in [-0.05, 0) is 11.8 Å². The van der Waals surface area contributed by atoms with Crippen molar-refractivity contribution in [2.24, 2.45) is 5.41 Å². The van der Waals surface area contributed by atoms with Crippen LogP contribution in [0.3, 0.4) is 0 Å². The maximum Gasteiger partial charge on any atom is 0.217 e. The molecule has 0 aromatic rings. The zero-order valence-corrected chi connectivity index (χ0v) is 11.4. The Balaban J connectivity index is 4.78. The molecule has 0 saturated carbocycles. The van der Waals surface area contributed by atoms with Crippen molar-refractivity contribution in [1.29, 1.82) is 0 Å². The molecule has 108 valence electrons. The molecule has 4 atom stereocenters. The quantitative estimate of drug-likeness (QED) is 0.422. The molecule has 0 spiro atoms. The molecule has 1 amide bonds. The highest BCUT2D eigenvalue weighted by Gasteiger charge is 2.33. The van der Waals surface area contributed by atoms with E-state index in [4.69, 9.17) is 5.11 Å². The lowest BCUT2D eigenvalue weighted by Gasteiger charge is -2.33. The van der Waals surface area contributed by atoms with Gasteiger partial charge in [0.2, 0.25) is 5.91 Å². The van der Waals surface area contributed by atoms with Gasteiger partial charge in [0.25, 0.3) is 0 Å². The van der Waals surface area contributed by atoms with Crippen LogP contribution in [-0.2, 0) is 4.79 Å². The molecule has 0 rings (SSSR count). The molecule has 0 aromatic carbocycles. The van der Waals surface area contributed by atoms with Crippen LogP contribution in [0.15, 0.2) is 0 Å². The Morgan fingerprint density at radius 2 is 1.67 bits per heavy atom. The van der Waals surface area contributed by atoms with Crippen molar-refractivity contribution in [3.8, 4) is 0 Å². The fraction of sp³-hybridized carbons (Fsp3) is 0.917. The molecule has 0 radical (unpaired) electrons. The summed E-state index contributed by atoms with van der Waals surface area (Å²) in [6, 6.07) is -0.682. The van der Waals surface area contributed by atoms with E-state index in [1.54, 1.807) is 0 Å². The predicted molar refractivity (Wildman–Crippen MR) is 66.8 cm³/mol. The first kappa shape index (κ1) is 17.3. The van der Waals surface area contributed by atoms with Crippen LogP contribution in [0, 0.1) is 5.41 Å². The molecule has 0 aliphatic heterocycles. The molecule has 0 aliphatic rings. The van der Waals surface area contributed by atoms with E-state index in [9.17, 15) is 20.1 Å². The normalized spacial score (nSPS) is 18.9. The number of rotatable bonds is 6. The second-order valence-corrected chi connectivity index (χ2v) is 5.80. The molecular formula is C12H25NO5. The van der Waals surface area contributed by atoms with Crippen molar-refractivity contribution in [3.05, 3.63) is 0 Å². The second-order valence-electron chi connectivity index (χ2n) is 5.80. The summed E-state index contributed by atoms with van der Waals surface area (Å²) in [7, 11) is 0. The Labute approximate surface area is 108 Å². The highest BCUT2D eigenvalue weighted by Crippen LogP contribution is 2.23. The van der Waals surface area contributed by atoms with Crippen LogP contribution in [0.2, 0.25) is 0 Å². The van der Waals surface area contributed by atoms with E-state index in [1.807, 2.05) is 20.8 Å².